The lowest BCUT2D eigenvalue weighted by Crippen LogP contribution is -2.42. The maximum absolute atomic E-state index is 12.0. The van der Waals surface area contributed by atoms with E-state index in [0.717, 1.165) is 31.5 Å². The highest BCUT2D eigenvalue weighted by Crippen LogP contribution is 2.08. The summed E-state index contributed by atoms with van der Waals surface area (Å²) in [5.74, 6) is -0.237. The highest BCUT2D eigenvalue weighted by Gasteiger charge is 2.17. The van der Waals surface area contributed by atoms with Gasteiger partial charge in [-0.25, -0.2) is 0 Å². The number of benzene rings is 1. The summed E-state index contributed by atoms with van der Waals surface area (Å²) in [5, 5.41) is 2.68. The summed E-state index contributed by atoms with van der Waals surface area (Å²) in [6.07, 6.45) is 3.29. The zero-order valence-corrected chi connectivity index (χ0v) is 11.6. The molecule has 2 amide bonds. The fourth-order valence-corrected chi connectivity index (χ4v) is 2.35. The first-order valence-electron chi connectivity index (χ1n) is 7.05. The molecule has 3 N–H and O–H groups in total. The van der Waals surface area contributed by atoms with Crippen LogP contribution in [-0.4, -0.2) is 36.3 Å². The molecule has 5 nitrogen and oxygen atoms in total. The zero-order chi connectivity index (χ0) is 14.4. The number of nitrogens with zero attached hydrogens (tertiary/aromatic N) is 1. The van der Waals surface area contributed by atoms with E-state index in [-0.39, 0.29) is 18.4 Å². The molecule has 20 heavy (non-hydrogen) atoms. The molecule has 1 aromatic rings. The first kappa shape index (κ1) is 14.5. The predicted octanol–water partition coefficient (Wildman–Crippen LogP) is 0.888. The Morgan fingerprint density at radius 2 is 1.95 bits per heavy atom. The van der Waals surface area contributed by atoms with Crippen LogP contribution in [0.2, 0.25) is 0 Å². The molecule has 1 saturated heterocycles. The van der Waals surface area contributed by atoms with Crippen molar-refractivity contribution >= 4 is 11.8 Å². The van der Waals surface area contributed by atoms with E-state index >= 15 is 0 Å². The summed E-state index contributed by atoms with van der Waals surface area (Å²) in [6, 6.07) is 7.14. The number of amides is 2. The van der Waals surface area contributed by atoms with Gasteiger partial charge in [0.05, 0.1) is 6.54 Å². The topological polar surface area (TPSA) is 75.4 Å². The highest BCUT2D eigenvalue weighted by molar-refractivity contribution is 5.96. The molecule has 0 aliphatic carbocycles. The molecular formula is C15H21N3O2. The maximum atomic E-state index is 12.0. The lowest BCUT2D eigenvalue weighted by Gasteiger charge is -2.26. The summed E-state index contributed by atoms with van der Waals surface area (Å²) < 4.78 is 0. The van der Waals surface area contributed by atoms with E-state index in [1.165, 1.54) is 6.42 Å². The Kier molecular flexibility index (Phi) is 5.12. The Balaban J connectivity index is 1.86. The summed E-state index contributed by atoms with van der Waals surface area (Å²) in [5.41, 5.74) is 6.99. The maximum Gasteiger partial charge on any atom is 0.251 e. The van der Waals surface area contributed by atoms with Gasteiger partial charge < -0.3 is 16.0 Å². The van der Waals surface area contributed by atoms with Crippen LogP contribution in [0.5, 0.6) is 0 Å². The van der Waals surface area contributed by atoms with Crippen molar-refractivity contribution in [2.24, 2.45) is 5.73 Å². The number of hydrogen-bond acceptors (Lipinski definition) is 3. The van der Waals surface area contributed by atoms with E-state index in [4.69, 9.17) is 5.73 Å². The Morgan fingerprint density at radius 1 is 1.20 bits per heavy atom. The van der Waals surface area contributed by atoms with Gasteiger partial charge in [0, 0.05) is 25.2 Å². The first-order chi connectivity index (χ1) is 9.70. The van der Waals surface area contributed by atoms with Crippen LogP contribution in [0.15, 0.2) is 24.3 Å². The van der Waals surface area contributed by atoms with Gasteiger partial charge in [-0.05, 0) is 37.0 Å². The van der Waals surface area contributed by atoms with Crippen molar-refractivity contribution in [2.75, 3.05) is 19.6 Å². The molecule has 1 aliphatic heterocycles. The number of likely N-dealkylation sites (tertiary alicyclic amines) is 1. The molecule has 0 saturated carbocycles. The van der Waals surface area contributed by atoms with Gasteiger partial charge in [0.25, 0.3) is 5.91 Å². The third kappa shape index (κ3) is 3.81. The predicted molar refractivity (Wildman–Crippen MR) is 77.1 cm³/mol. The van der Waals surface area contributed by atoms with E-state index in [2.05, 4.69) is 5.32 Å². The van der Waals surface area contributed by atoms with Crippen LogP contribution in [0.4, 0.5) is 0 Å². The molecule has 2 rings (SSSR count). The van der Waals surface area contributed by atoms with E-state index in [9.17, 15) is 9.59 Å². The van der Waals surface area contributed by atoms with Gasteiger partial charge in [0.15, 0.2) is 0 Å². The Labute approximate surface area is 119 Å². The highest BCUT2D eigenvalue weighted by atomic mass is 16.2. The standard InChI is InChI=1S/C15H21N3O2/c16-10-12-5-4-6-13(9-12)15(20)17-11-14(19)18-7-2-1-3-8-18/h4-6,9H,1-3,7-8,10-11,16H2,(H,17,20). The van der Waals surface area contributed by atoms with Gasteiger partial charge >= 0.3 is 0 Å². The van der Waals surface area contributed by atoms with Crippen LogP contribution in [-0.2, 0) is 11.3 Å². The first-order valence-corrected chi connectivity index (χ1v) is 7.05. The molecule has 1 heterocycles. The third-order valence-electron chi connectivity index (χ3n) is 3.53. The Bertz CT molecular complexity index is 482. The quantitative estimate of drug-likeness (QED) is 0.857. The second-order valence-electron chi connectivity index (χ2n) is 5.03. The van der Waals surface area contributed by atoms with Gasteiger partial charge in [-0.15, -0.1) is 0 Å². The number of nitrogens with one attached hydrogen (secondary N) is 1. The molecule has 0 aromatic heterocycles. The number of hydrogen-bond donors (Lipinski definition) is 2. The lowest BCUT2D eigenvalue weighted by atomic mass is 10.1. The van der Waals surface area contributed by atoms with E-state index in [1.54, 1.807) is 18.2 Å². The summed E-state index contributed by atoms with van der Waals surface area (Å²) >= 11 is 0. The SMILES string of the molecule is NCc1cccc(C(=O)NCC(=O)N2CCCCC2)c1. The molecule has 1 aliphatic rings. The molecule has 1 aromatic carbocycles. The van der Waals surface area contributed by atoms with Gasteiger partial charge in [-0.2, -0.15) is 0 Å². The smallest absolute Gasteiger partial charge is 0.251 e. The van der Waals surface area contributed by atoms with Gasteiger partial charge in [0.1, 0.15) is 0 Å². The number of rotatable bonds is 4. The molecular weight excluding hydrogens is 254 g/mol. The second kappa shape index (κ2) is 7.05. The van der Waals surface area contributed by atoms with Gasteiger partial charge in [0.2, 0.25) is 5.91 Å². The molecule has 5 heteroatoms. The van der Waals surface area contributed by atoms with E-state index in [1.807, 2.05) is 11.0 Å². The largest absolute Gasteiger partial charge is 0.343 e. The van der Waals surface area contributed by atoms with Crippen molar-refractivity contribution < 1.29 is 9.59 Å². The van der Waals surface area contributed by atoms with Crippen LogP contribution < -0.4 is 11.1 Å². The van der Waals surface area contributed by atoms with E-state index < -0.39 is 0 Å². The van der Waals surface area contributed by atoms with Gasteiger partial charge in [-0.3, -0.25) is 9.59 Å². The minimum atomic E-state index is -0.231. The zero-order valence-electron chi connectivity index (χ0n) is 11.6. The summed E-state index contributed by atoms with van der Waals surface area (Å²) in [6.45, 7) is 2.06. The average molecular weight is 275 g/mol. The molecule has 0 bridgehead atoms. The number of piperidine rings is 1. The van der Waals surface area contributed by atoms with Crippen molar-refractivity contribution in [2.45, 2.75) is 25.8 Å². The van der Waals surface area contributed by atoms with Crippen molar-refractivity contribution in [3.8, 4) is 0 Å². The lowest BCUT2D eigenvalue weighted by molar-refractivity contribution is -0.130. The van der Waals surface area contributed by atoms with Crippen molar-refractivity contribution in [1.82, 2.24) is 10.2 Å². The molecule has 0 spiro atoms. The van der Waals surface area contributed by atoms with Crippen molar-refractivity contribution in [1.29, 1.82) is 0 Å². The molecule has 0 unspecified atom stereocenters. The monoisotopic (exact) mass is 275 g/mol. The molecule has 0 radical (unpaired) electrons. The van der Waals surface area contributed by atoms with Crippen LogP contribution in [0, 0.1) is 0 Å². The molecule has 108 valence electrons. The van der Waals surface area contributed by atoms with Crippen molar-refractivity contribution in [3.05, 3.63) is 35.4 Å². The Hall–Kier alpha value is -1.88. The van der Waals surface area contributed by atoms with Crippen LogP contribution >= 0.6 is 0 Å². The fourth-order valence-electron chi connectivity index (χ4n) is 2.35. The summed E-state index contributed by atoms with van der Waals surface area (Å²) in [4.78, 5) is 25.7. The van der Waals surface area contributed by atoms with Gasteiger partial charge in [-0.1, -0.05) is 12.1 Å². The third-order valence-corrected chi connectivity index (χ3v) is 3.53. The van der Waals surface area contributed by atoms with Crippen LogP contribution in [0.25, 0.3) is 0 Å². The number of nitrogens with two attached hydrogens (primary N) is 1. The molecule has 0 atom stereocenters. The number of carbonyl (C=O) groups excluding carboxylic acids is 2. The Morgan fingerprint density at radius 3 is 2.65 bits per heavy atom. The number of carbonyl (C=O) groups is 2. The fraction of sp³-hybridized carbons (Fsp3) is 0.467. The minimum Gasteiger partial charge on any atom is -0.343 e. The molecule has 1 fully saturated rings. The van der Waals surface area contributed by atoms with Crippen LogP contribution in [0.1, 0.15) is 35.2 Å². The normalized spacial score (nSPS) is 14.9. The second-order valence-corrected chi connectivity index (χ2v) is 5.03. The van der Waals surface area contributed by atoms with Crippen LogP contribution in [0.3, 0.4) is 0 Å². The van der Waals surface area contributed by atoms with Crippen molar-refractivity contribution in [3.63, 3.8) is 0 Å². The minimum absolute atomic E-state index is 0.00645. The average Bonchev–Trinajstić information content (AvgIpc) is 2.53. The van der Waals surface area contributed by atoms with E-state index in [0.29, 0.717) is 12.1 Å². The summed E-state index contributed by atoms with van der Waals surface area (Å²) in [7, 11) is 0.